The zero-order valence-corrected chi connectivity index (χ0v) is 14.4. The summed E-state index contributed by atoms with van der Waals surface area (Å²) in [4.78, 5) is 8.30. The number of benzene rings is 1. The molecule has 0 fully saturated rings. The van der Waals surface area contributed by atoms with Gasteiger partial charge in [0.05, 0.1) is 12.6 Å². The predicted molar refractivity (Wildman–Crippen MR) is 98.4 cm³/mol. The lowest BCUT2D eigenvalue weighted by atomic mass is 10.1. The van der Waals surface area contributed by atoms with E-state index in [1.165, 1.54) is 11.1 Å². The van der Waals surface area contributed by atoms with Crippen molar-refractivity contribution in [1.29, 1.82) is 0 Å². The molecule has 3 aromatic rings. The number of furan rings is 1. The minimum atomic E-state index is 0.728. The number of guanidine groups is 1. The summed E-state index contributed by atoms with van der Waals surface area (Å²) >= 11 is 0. The highest BCUT2D eigenvalue weighted by Gasteiger charge is 2.01. The first-order chi connectivity index (χ1) is 12.3. The maximum atomic E-state index is 5.32. The second-order valence-corrected chi connectivity index (χ2v) is 5.73. The summed E-state index contributed by atoms with van der Waals surface area (Å²) in [5.41, 5.74) is 2.46. The number of aliphatic imine (C=N–C) groups is 1. The van der Waals surface area contributed by atoms with Crippen LogP contribution in [0, 0.1) is 0 Å². The lowest BCUT2D eigenvalue weighted by Gasteiger charge is -2.12. The molecule has 0 spiro atoms. The Kier molecular flexibility index (Phi) is 5.87. The first kappa shape index (κ1) is 16.8. The quantitative estimate of drug-likeness (QED) is 0.513. The third-order valence-electron chi connectivity index (χ3n) is 3.87. The van der Waals surface area contributed by atoms with E-state index in [0.29, 0.717) is 0 Å². The summed E-state index contributed by atoms with van der Waals surface area (Å²) in [7, 11) is 1.77. The van der Waals surface area contributed by atoms with E-state index >= 15 is 0 Å². The van der Waals surface area contributed by atoms with Crippen molar-refractivity contribution in [2.45, 2.75) is 19.5 Å². The van der Waals surface area contributed by atoms with E-state index in [-0.39, 0.29) is 0 Å². The number of hydrogen-bond donors (Lipinski definition) is 2. The average molecular weight is 337 g/mol. The van der Waals surface area contributed by atoms with Crippen LogP contribution in [-0.4, -0.2) is 29.1 Å². The number of nitrogens with zero attached hydrogens (tertiary/aromatic N) is 3. The molecule has 0 unspecified atom stereocenters. The molecule has 0 aliphatic carbocycles. The second kappa shape index (κ2) is 8.73. The number of aromatic nitrogens is 2. The van der Waals surface area contributed by atoms with E-state index in [0.717, 1.165) is 37.8 Å². The molecule has 0 saturated heterocycles. The van der Waals surface area contributed by atoms with E-state index in [9.17, 15) is 0 Å². The minimum Gasteiger partial charge on any atom is -0.469 e. The zero-order valence-electron chi connectivity index (χ0n) is 14.4. The van der Waals surface area contributed by atoms with E-state index in [2.05, 4.69) is 49.4 Å². The van der Waals surface area contributed by atoms with Gasteiger partial charge in [-0.15, -0.1) is 0 Å². The van der Waals surface area contributed by atoms with Gasteiger partial charge in [0, 0.05) is 45.5 Å². The van der Waals surface area contributed by atoms with E-state index in [4.69, 9.17) is 4.42 Å². The molecule has 0 aliphatic rings. The van der Waals surface area contributed by atoms with Crippen LogP contribution in [0.2, 0.25) is 0 Å². The van der Waals surface area contributed by atoms with Gasteiger partial charge in [-0.1, -0.05) is 24.3 Å². The van der Waals surface area contributed by atoms with Crippen LogP contribution in [0.1, 0.15) is 16.9 Å². The van der Waals surface area contributed by atoms with Crippen LogP contribution in [0.15, 0.2) is 70.8 Å². The number of imidazole rings is 1. The fraction of sp³-hybridized carbons (Fsp3) is 0.263. The Balaban J connectivity index is 1.43. The van der Waals surface area contributed by atoms with E-state index < -0.39 is 0 Å². The van der Waals surface area contributed by atoms with Crippen molar-refractivity contribution in [3.05, 3.63) is 78.3 Å². The van der Waals surface area contributed by atoms with Gasteiger partial charge >= 0.3 is 0 Å². The van der Waals surface area contributed by atoms with E-state index in [1.54, 1.807) is 19.5 Å². The lowest BCUT2D eigenvalue weighted by Crippen LogP contribution is -2.37. The highest BCUT2D eigenvalue weighted by Crippen LogP contribution is 2.06. The van der Waals surface area contributed by atoms with Crippen molar-refractivity contribution in [3.8, 4) is 0 Å². The number of hydrogen-bond acceptors (Lipinski definition) is 3. The first-order valence-electron chi connectivity index (χ1n) is 8.34. The summed E-state index contributed by atoms with van der Waals surface area (Å²) < 4.78 is 7.37. The molecule has 0 atom stereocenters. The molecule has 6 nitrogen and oxygen atoms in total. The molecule has 6 heteroatoms. The van der Waals surface area contributed by atoms with Crippen LogP contribution < -0.4 is 10.6 Å². The van der Waals surface area contributed by atoms with Crippen LogP contribution in [0.25, 0.3) is 0 Å². The van der Waals surface area contributed by atoms with Crippen LogP contribution in [0.4, 0.5) is 0 Å². The van der Waals surface area contributed by atoms with Crippen molar-refractivity contribution in [2.24, 2.45) is 4.99 Å². The third kappa shape index (κ3) is 5.24. The molecule has 130 valence electrons. The van der Waals surface area contributed by atoms with Crippen LogP contribution >= 0.6 is 0 Å². The van der Waals surface area contributed by atoms with Crippen LogP contribution in [0.5, 0.6) is 0 Å². The molecule has 25 heavy (non-hydrogen) atoms. The zero-order chi connectivity index (χ0) is 17.3. The van der Waals surface area contributed by atoms with Gasteiger partial charge in [-0.25, -0.2) is 4.98 Å². The summed E-state index contributed by atoms with van der Waals surface area (Å²) in [6.45, 7) is 2.34. The van der Waals surface area contributed by atoms with Crippen molar-refractivity contribution in [1.82, 2.24) is 20.2 Å². The number of nitrogens with one attached hydrogen (secondary N) is 2. The van der Waals surface area contributed by atoms with Gasteiger partial charge in [-0.3, -0.25) is 4.99 Å². The van der Waals surface area contributed by atoms with E-state index in [1.807, 2.05) is 24.7 Å². The van der Waals surface area contributed by atoms with Crippen molar-refractivity contribution < 1.29 is 4.42 Å². The van der Waals surface area contributed by atoms with Crippen LogP contribution in [-0.2, 0) is 19.5 Å². The summed E-state index contributed by atoms with van der Waals surface area (Å²) in [5, 5.41) is 6.61. The van der Waals surface area contributed by atoms with Gasteiger partial charge in [0.25, 0.3) is 0 Å². The predicted octanol–water partition coefficient (Wildman–Crippen LogP) is 2.43. The fourth-order valence-corrected chi connectivity index (χ4v) is 2.52. The molecule has 2 heterocycles. The Labute approximate surface area is 147 Å². The molecule has 0 amide bonds. The number of rotatable bonds is 7. The largest absolute Gasteiger partial charge is 0.469 e. The molecule has 0 bridgehead atoms. The highest BCUT2D eigenvalue weighted by molar-refractivity contribution is 5.79. The monoisotopic (exact) mass is 337 g/mol. The van der Waals surface area contributed by atoms with Crippen molar-refractivity contribution >= 4 is 5.96 Å². The topological polar surface area (TPSA) is 67.4 Å². The molecule has 3 rings (SSSR count). The van der Waals surface area contributed by atoms with Gasteiger partial charge < -0.3 is 19.6 Å². The average Bonchev–Trinajstić information content (AvgIpc) is 3.33. The molecular formula is C19H23N5O. The Hall–Kier alpha value is -3.02. The van der Waals surface area contributed by atoms with Gasteiger partial charge in [0.2, 0.25) is 0 Å². The normalized spacial score (nSPS) is 11.5. The molecule has 2 aromatic heterocycles. The molecular weight excluding hydrogens is 314 g/mol. The van der Waals surface area contributed by atoms with Crippen molar-refractivity contribution in [2.75, 3.05) is 13.6 Å². The second-order valence-electron chi connectivity index (χ2n) is 5.73. The fourth-order valence-electron chi connectivity index (χ4n) is 2.52. The van der Waals surface area contributed by atoms with Gasteiger partial charge in [-0.05, 0) is 23.3 Å². The van der Waals surface area contributed by atoms with Gasteiger partial charge in [0.1, 0.15) is 5.76 Å². The minimum absolute atomic E-state index is 0.728. The SMILES string of the molecule is CN=C(NCCc1ccco1)NCc1ccc(Cn2ccnc2)cc1. The smallest absolute Gasteiger partial charge is 0.191 e. The maximum Gasteiger partial charge on any atom is 0.191 e. The molecule has 2 N–H and O–H groups in total. The molecule has 0 radical (unpaired) electrons. The Bertz CT molecular complexity index is 761. The first-order valence-corrected chi connectivity index (χ1v) is 8.34. The lowest BCUT2D eigenvalue weighted by molar-refractivity contribution is 0.507. The highest BCUT2D eigenvalue weighted by atomic mass is 16.3. The Morgan fingerprint density at radius 1 is 1.16 bits per heavy atom. The molecule has 1 aromatic carbocycles. The van der Waals surface area contributed by atoms with Gasteiger partial charge in [-0.2, -0.15) is 0 Å². The molecule has 0 saturated carbocycles. The summed E-state index contributed by atoms with van der Waals surface area (Å²) in [5.74, 6) is 1.76. The Morgan fingerprint density at radius 2 is 2.00 bits per heavy atom. The molecule has 0 aliphatic heterocycles. The maximum absolute atomic E-state index is 5.32. The summed E-state index contributed by atoms with van der Waals surface area (Å²) in [6.07, 6.45) is 8.11. The third-order valence-corrected chi connectivity index (χ3v) is 3.87. The Morgan fingerprint density at radius 3 is 2.68 bits per heavy atom. The van der Waals surface area contributed by atoms with Crippen molar-refractivity contribution in [3.63, 3.8) is 0 Å². The summed E-state index contributed by atoms with van der Waals surface area (Å²) in [6, 6.07) is 12.4. The standard InChI is InChI=1S/C19H23N5O/c1-20-19(22-9-8-18-3-2-12-25-18)23-13-16-4-6-17(7-5-16)14-24-11-10-21-15-24/h2-7,10-12,15H,8-9,13-14H2,1H3,(H2,20,22,23). The van der Waals surface area contributed by atoms with Crippen LogP contribution in [0.3, 0.4) is 0 Å². The van der Waals surface area contributed by atoms with Gasteiger partial charge in [0.15, 0.2) is 5.96 Å².